The van der Waals surface area contributed by atoms with Crippen molar-refractivity contribution in [1.29, 1.82) is 0 Å². The van der Waals surface area contributed by atoms with Crippen molar-refractivity contribution in [1.82, 2.24) is 5.32 Å². The first kappa shape index (κ1) is 13.4. The van der Waals surface area contributed by atoms with E-state index in [4.69, 9.17) is 4.74 Å². The van der Waals surface area contributed by atoms with E-state index >= 15 is 0 Å². The van der Waals surface area contributed by atoms with Crippen molar-refractivity contribution >= 4 is 0 Å². The summed E-state index contributed by atoms with van der Waals surface area (Å²) < 4.78 is 6.32. The molecule has 2 nitrogen and oxygen atoms in total. The minimum absolute atomic E-state index is 0.340. The lowest BCUT2D eigenvalue weighted by Gasteiger charge is -2.40. The normalized spacial score (nSPS) is 40.8. The summed E-state index contributed by atoms with van der Waals surface area (Å²) >= 11 is 0. The van der Waals surface area contributed by atoms with Gasteiger partial charge in [-0.15, -0.1) is 0 Å². The topological polar surface area (TPSA) is 21.3 Å². The highest BCUT2D eigenvalue weighted by Crippen LogP contribution is 2.66. The molecule has 0 saturated heterocycles. The predicted octanol–water partition coefficient (Wildman–Crippen LogP) is 3.22. The molecule has 2 bridgehead atoms. The van der Waals surface area contributed by atoms with Crippen LogP contribution < -0.4 is 5.32 Å². The zero-order valence-corrected chi connectivity index (χ0v) is 12.2. The summed E-state index contributed by atoms with van der Waals surface area (Å²) in [5.74, 6) is 0.879. The van der Waals surface area contributed by atoms with E-state index in [9.17, 15) is 0 Å². The van der Waals surface area contributed by atoms with Crippen molar-refractivity contribution in [2.45, 2.75) is 66.1 Å². The summed E-state index contributed by atoms with van der Waals surface area (Å²) in [4.78, 5) is 0. The molecule has 0 aromatic rings. The first-order chi connectivity index (χ1) is 7.91. The zero-order valence-electron chi connectivity index (χ0n) is 12.2. The van der Waals surface area contributed by atoms with Crippen LogP contribution in [0.3, 0.4) is 0 Å². The lowest BCUT2D eigenvalue weighted by molar-refractivity contribution is -0.0789. The van der Waals surface area contributed by atoms with Crippen LogP contribution in [0.4, 0.5) is 0 Å². The number of hydrogen-bond donors (Lipinski definition) is 1. The third kappa shape index (κ3) is 2.04. The van der Waals surface area contributed by atoms with E-state index in [-0.39, 0.29) is 0 Å². The van der Waals surface area contributed by atoms with E-state index < -0.39 is 0 Å². The maximum Gasteiger partial charge on any atom is 0.0675 e. The average molecular weight is 239 g/mol. The van der Waals surface area contributed by atoms with Gasteiger partial charge in [-0.05, 0) is 49.5 Å². The minimum atomic E-state index is 0.340. The summed E-state index contributed by atoms with van der Waals surface area (Å²) in [6.07, 6.45) is 4.85. The van der Waals surface area contributed by atoms with Crippen LogP contribution in [0, 0.1) is 16.7 Å². The van der Waals surface area contributed by atoms with Gasteiger partial charge in [-0.25, -0.2) is 0 Å². The first-order valence-electron chi connectivity index (χ1n) is 7.28. The van der Waals surface area contributed by atoms with Gasteiger partial charge < -0.3 is 10.1 Å². The highest BCUT2D eigenvalue weighted by atomic mass is 16.5. The van der Waals surface area contributed by atoms with Gasteiger partial charge in [0.1, 0.15) is 0 Å². The van der Waals surface area contributed by atoms with Crippen LogP contribution in [-0.2, 0) is 4.74 Å². The molecule has 0 amide bonds. The summed E-state index contributed by atoms with van der Waals surface area (Å²) in [6.45, 7) is 13.7. The quantitative estimate of drug-likeness (QED) is 0.795. The third-order valence-corrected chi connectivity index (χ3v) is 5.79. The number of rotatable bonds is 5. The monoisotopic (exact) mass is 239 g/mol. The Labute approximate surface area is 107 Å². The Morgan fingerprint density at radius 1 is 1.35 bits per heavy atom. The van der Waals surface area contributed by atoms with E-state index in [1.54, 1.807) is 0 Å². The van der Waals surface area contributed by atoms with Crippen molar-refractivity contribution in [3.63, 3.8) is 0 Å². The lowest BCUT2D eigenvalue weighted by atomic mass is 9.70. The standard InChI is InChI=1S/C15H29NO/c1-6-16-10-11(2)17-13-9-12-7-8-15(13,5)14(12,3)4/h11-13,16H,6-10H2,1-5H3. The Balaban J connectivity index is 1.96. The van der Waals surface area contributed by atoms with E-state index in [2.05, 4.69) is 39.9 Å². The Morgan fingerprint density at radius 3 is 2.53 bits per heavy atom. The molecule has 0 radical (unpaired) electrons. The minimum Gasteiger partial charge on any atom is -0.373 e. The number of nitrogens with one attached hydrogen (secondary N) is 1. The van der Waals surface area contributed by atoms with Gasteiger partial charge >= 0.3 is 0 Å². The molecule has 2 rings (SSSR count). The zero-order chi connectivity index (χ0) is 12.7. The Hall–Kier alpha value is -0.0800. The van der Waals surface area contributed by atoms with Crippen LogP contribution in [0.15, 0.2) is 0 Å². The van der Waals surface area contributed by atoms with Gasteiger partial charge in [-0.2, -0.15) is 0 Å². The molecule has 100 valence electrons. The summed E-state index contributed by atoms with van der Waals surface area (Å²) in [5, 5.41) is 3.37. The summed E-state index contributed by atoms with van der Waals surface area (Å²) in [6, 6.07) is 0. The molecular weight excluding hydrogens is 210 g/mol. The predicted molar refractivity (Wildman–Crippen MR) is 72.1 cm³/mol. The fourth-order valence-corrected chi connectivity index (χ4v) is 4.01. The van der Waals surface area contributed by atoms with Crippen molar-refractivity contribution in [3.05, 3.63) is 0 Å². The number of likely N-dealkylation sites (N-methyl/N-ethyl adjacent to an activating group) is 1. The van der Waals surface area contributed by atoms with Gasteiger partial charge in [0.05, 0.1) is 12.2 Å². The maximum absolute atomic E-state index is 6.32. The molecule has 2 saturated carbocycles. The molecule has 0 heterocycles. The van der Waals surface area contributed by atoms with E-state index in [0.717, 1.165) is 19.0 Å². The molecule has 2 aliphatic rings. The smallest absolute Gasteiger partial charge is 0.0675 e. The maximum atomic E-state index is 6.32. The van der Waals surface area contributed by atoms with Crippen LogP contribution in [-0.4, -0.2) is 25.3 Å². The Kier molecular flexibility index (Phi) is 3.57. The molecular formula is C15H29NO. The van der Waals surface area contributed by atoms with E-state index in [0.29, 0.717) is 23.0 Å². The van der Waals surface area contributed by atoms with Crippen LogP contribution in [0.5, 0.6) is 0 Å². The third-order valence-electron chi connectivity index (χ3n) is 5.79. The number of hydrogen-bond acceptors (Lipinski definition) is 2. The Bertz CT molecular complexity index is 276. The van der Waals surface area contributed by atoms with Crippen molar-refractivity contribution in [3.8, 4) is 0 Å². The van der Waals surface area contributed by atoms with Crippen LogP contribution in [0.2, 0.25) is 0 Å². The van der Waals surface area contributed by atoms with Gasteiger partial charge in [-0.1, -0.05) is 27.7 Å². The molecule has 2 heteroatoms. The van der Waals surface area contributed by atoms with Crippen molar-refractivity contribution in [2.75, 3.05) is 13.1 Å². The molecule has 2 fully saturated rings. The second-order valence-corrected chi connectivity index (χ2v) is 6.85. The van der Waals surface area contributed by atoms with Crippen LogP contribution in [0.1, 0.15) is 53.9 Å². The molecule has 0 aliphatic heterocycles. The van der Waals surface area contributed by atoms with Crippen molar-refractivity contribution < 1.29 is 4.74 Å². The SMILES string of the molecule is CCNCC(C)OC1CC2CCC1(C)C2(C)C. The molecule has 0 spiro atoms. The fourth-order valence-electron chi connectivity index (χ4n) is 4.01. The number of fused-ring (bicyclic) bond motifs is 2. The van der Waals surface area contributed by atoms with Gasteiger partial charge in [0.15, 0.2) is 0 Å². The molecule has 2 aliphatic carbocycles. The van der Waals surface area contributed by atoms with Gasteiger partial charge in [0.25, 0.3) is 0 Å². The summed E-state index contributed by atoms with van der Waals surface area (Å²) in [7, 11) is 0. The Morgan fingerprint density at radius 2 is 2.06 bits per heavy atom. The number of ether oxygens (including phenoxy) is 1. The molecule has 4 atom stereocenters. The van der Waals surface area contributed by atoms with E-state index in [1.807, 2.05) is 0 Å². The molecule has 0 aromatic heterocycles. The van der Waals surface area contributed by atoms with Crippen molar-refractivity contribution in [2.24, 2.45) is 16.7 Å². The lowest BCUT2D eigenvalue weighted by Crippen LogP contribution is -2.40. The molecule has 1 N–H and O–H groups in total. The molecule has 17 heavy (non-hydrogen) atoms. The molecule has 0 aromatic carbocycles. The van der Waals surface area contributed by atoms with E-state index in [1.165, 1.54) is 19.3 Å². The average Bonchev–Trinajstić information content (AvgIpc) is 2.59. The second-order valence-electron chi connectivity index (χ2n) is 6.85. The highest BCUT2D eigenvalue weighted by molar-refractivity contribution is 5.11. The van der Waals surface area contributed by atoms with Gasteiger partial charge in [-0.3, -0.25) is 0 Å². The van der Waals surface area contributed by atoms with Gasteiger partial charge in [0, 0.05) is 6.54 Å². The van der Waals surface area contributed by atoms with Crippen LogP contribution in [0.25, 0.3) is 0 Å². The first-order valence-corrected chi connectivity index (χ1v) is 7.28. The largest absolute Gasteiger partial charge is 0.373 e. The molecule has 4 unspecified atom stereocenters. The van der Waals surface area contributed by atoms with Crippen LogP contribution >= 0.6 is 0 Å². The fraction of sp³-hybridized carbons (Fsp3) is 1.00. The highest BCUT2D eigenvalue weighted by Gasteiger charge is 2.62. The second kappa shape index (κ2) is 4.55. The summed E-state index contributed by atoms with van der Waals surface area (Å²) in [5.41, 5.74) is 0.869. The van der Waals surface area contributed by atoms with Gasteiger partial charge in [0.2, 0.25) is 0 Å².